The average Bonchev–Trinajstić information content (AvgIpc) is 2.36. The Kier molecular flexibility index (Phi) is 8.24. The normalized spacial score (nSPS) is 12.6. The number of rotatable bonds is 9. The Morgan fingerprint density at radius 2 is 1.79 bits per heavy atom. The van der Waals surface area contributed by atoms with E-state index in [0.717, 1.165) is 12.3 Å². The van der Waals surface area contributed by atoms with Gasteiger partial charge in [-0.3, -0.25) is 0 Å². The van der Waals surface area contributed by atoms with E-state index in [1.54, 1.807) is 0 Å². The lowest BCUT2D eigenvalue weighted by Gasteiger charge is -2.15. The van der Waals surface area contributed by atoms with Crippen LogP contribution in [0.15, 0.2) is 18.2 Å². The maximum absolute atomic E-state index is 3.55. The lowest BCUT2D eigenvalue weighted by atomic mass is 10.1. The van der Waals surface area contributed by atoms with E-state index in [9.17, 15) is 0 Å². The van der Waals surface area contributed by atoms with Crippen LogP contribution < -0.4 is 5.32 Å². The minimum absolute atomic E-state index is 0.715. The molecular formula is C17H29NS. The van der Waals surface area contributed by atoms with Crippen molar-refractivity contribution in [2.45, 2.75) is 58.8 Å². The van der Waals surface area contributed by atoms with Gasteiger partial charge in [-0.2, -0.15) is 11.8 Å². The Balaban J connectivity index is 2.20. The summed E-state index contributed by atoms with van der Waals surface area (Å²) in [4.78, 5) is 0. The molecule has 0 aromatic heterocycles. The predicted molar refractivity (Wildman–Crippen MR) is 89.1 cm³/mol. The summed E-state index contributed by atoms with van der Waals surface area (Å²) in [5.41, 5.74) is 4.24. The molecule has 0 bridgehead atoms. The summed E-state index contributed by atoms with van der Waals surface area (Å²) in [7, 11) is 0. The molecule has 0 fully saturated rings. The van der Waals surface area contributed by atoms with E-state index in [0.29, 0.717) is 6.04 Å². The highest BCUT2D eigenvalue weighted by Crippen LogP contribution is 2.17. The first kappa shape index (κ1) is 16.6. The van der Waals surface area contributed by atoms with Crippen LogP contribution in [0.3, 0.4) is 0 Å². The number of nitrogens with one attached hydrogen (secondary N) is 1. The van der Waals surface area contributed by atoms with Gasteiger partial charge >= 0.3 is 0 Å². The molecule has 1 unspecified atom stereocenters. The largest absolute Gasteiger partial charge is 0.314 e. The zero-order valence-electron chi connectivity index (χ0n) is 13.0. The smallest absolute Gasteiger partial charge is 0.0184 e. The maximum Gasteiger partial charge on any atom is 0.0184 e. The Hall–Kier alpha value is -0.470. The molecule has 0 saturated heterocycles. The highest BCUT2D eigenvalue weighted by molar-refractivity contribution is 7.98. The summed E-state index contributed by atoms with van der Waals surface area (Å²) < 4.78 is 0. The van der Waals surface area contributed by atoms with Crippen LogP contribution in [0.2, 0.25) is 0 Å². The molecule has 0 radical (unpaired) electrons. The van der Waals surface area contributed by atoms with Gasteiger partial charge in [0.2, 0.25) is 0 Å². The summed E-state index contributed by atoms with van der Waals surface area (Å²) in [5.74, 6) is 2.43. The van der Waals surface area contributed by atoms with Crippen LogP contribution in [0.4, 0.5) is 0 Å². The first-order chi connectivity index (χ1) is 9.15. The lowest BCUT2D eigenvalue weighted by molar-refractivity contribution is 0.477. The molecule has 1 nitrogen and oxygen atoms in total. The Morgan fingerprint density at radius 3 is 2.37 bits per heavy atom. The molecule has 0 aliphatic carbocycles. The lowest BCUT2D eigenvalue weighted by Crippen LogP contribution is -2.28. The third kappa shape index (κ3) is 7.03. The van der Waals surface area contributed by atoms with Gasteiger partial charge < -0.3 is 5.32 Å². The minimum Gasteiger partial charge on any atom is -0.314 e. The van der Waals surface area contributed by atoms with Crippen molar-refractivity contribution in [1.82, 2.24) is 5.32 Å². The van der Waals surface area contributed by atoms with Gasteiger partial charge in [0.1, 0.15) is 0 Å². The fourth-order valence-corrected chi connectivity index (χ4v) is 3.43. The predicted octanol–water partition coefficient (Wildman–Crippen LogP) is 4.70. The summed E-state index contributed by atoms with van der Waals surface area (Å²) in [6.45, 7) is 9.93. The average molecular weight is 279 g/mol. The van der Waals surface area contributed by atoms with Crippen LogP contribution in [0, 0.1) is 13.8 Å². The van der Waals surface area contributed by atoms with Crippen LogP contribution >= 0.6 is 11.8 Å². The molecule has 108 valence electrons. The van der Waals surface area contributed by atoms with E-state index in [4.69, 9.17) is 0 Å². The first-order valence-electron chi connectivity index (χ1n) is 7.54. The highest BCUT2D eigenvalue weighted by Gasteiger charge is 2.03. The third-order valence-corrected chi connectivity index (χ3v) is 4.49. The zero-order valence-corrected chi connectivity index (χ0v) is 13.8. The van der Waals surface area contributed by atoms with E-state index in [1.165, 1.54) is 41.7 Å². The maximum atomic E-state index is 3.55. The van der Waals surface area contributed by atoms with Crippen molar-refractivity contribution in [2.24, 2.45) is 0 Å². The van der Waals surface area contributed by atoms with Gasteiger partial charge in [0, 0.05) is 11.8 Å². The number of hydrogen-bond acceptors (Lipinski definition) is 2. The number of thioether (sulfide) groups is 1. The van der Waals surface area contributed by atoms with Crippen LogP contribution in [0.25, 0.3) is 0 Å². The van der Waals surface area contributed by atoms with Crippen molar-refractivity contribution in [3.8, 4) is 0 Å². The third-order valence-electron chi connectivity index (χ3n) is 3.38. The Morgan fingerprint density at radius 1 is 1.11 bits per heavy atom. The summed E-state index contributed by atoms with van der Waals surface area (Å²) in [6.07, 6.45) is 3.88. The number of aryl methyl sites for hydroxylation is 2. The highest BCUT2D eigenvalue weighted by atomic mass is 32.2. The molecule has 1 rings (SSSR count). The van der Waals surface area contributed by atoms with Gasteiger partial charge in [-0.15, -0.1) is 0 Å². The minimum atomic E-state index is 0.715. The molecule has 0 aliphatic rings. The van der Waals surface area contributed by atoms with Crippen LogP contribution in [-0.4, -0.2) is 18.3 Å². The molecule has 0 heterocycles. The van der Waals surface area contributed by atoms with Crippen LogP contribution in [0.5, 0.6) is 0 Å². The topological polar surface area (TPSA) is 12.0 Å². The molecule has 2 heteroatoms. The van der Waals surface area contributed by atoms with Crippen molar-refractivity contribution < 1.29 is 0 Å². The molecule has 1 N–H and O–H groups in total. The fraction of sp³-hybridized carbons (Fsp3) is 0.647. The quantitative estimate of drug-likeness (QED) is 0.657. The zero-order chi connectivity index (χ0) is 14.1. The second-order valence-corrected chi connectivity index (χ2v) is 6.46. The van der Waals surface area contributed by atoms with Crippen LogP contribution in [-0.2, 0) is 5.75 Å². The number of hydrogen-bond donors (Lipinski definition) is 1. The molecule has 19 heavy (non-hydrogen) atoms. The molecule has 0 saturated carbocycles. The van der Waals surface area contributed by atoms with E-state index in [2.05, 4.69) is 63.0 Å². The molecule has 0 aliphatic heterocycles. The second kappa shape index (κ2) is 9.44. The van der Waals surface area contributed by atoms with E-state index in [1.807, 2.05) is 0 Å². The van der Waals surface area contributed by atoms with Crippen molar-refractivity contribution in [2.75, 3.05) is 12.3 Å². The first-order valence-corrected chi connectivity index (χ1v) is 8.69. The van der Waals surface area contributed by atoms with Crippen molar-refractivity contribution in [3.63, 3.8) is 0 Å². The molecule has 0 spiro atoms. The fourth-order valence-electron chi connectivity index (χ4n) is 2.51. The van der Waals surface area contributed by atoms with Gasteiger partial charge in [-0.1, -0.05) is 43.2 Å². The molecule has 1 aromatic carbocycles. The molecule has 0 amide bonds. The van der Waals surface area contributed by atoms with Gasteiger partial charge in [0.05, 0.1) is 0 Å². The van der Waals surface area contributed by atoms with Crippen molar-refractivity contribution in [1.29, 1.82) is 0 Å². The van der Waals surface area contributed by atoms with E-state index >= 15 is 0 Å². The summed E-state index contributed by atoms with van der Waals surface area (Å²) in [5, 5.41) is 3.55. The van der Waals surface area contributed by atoms with Gasteiger partial charge in [0.25, 0.3) is 0 Å². The standard InChI is InChI=1S/C17H29NS/c1-5-17(18-6-2)8-7-9-19-13-16-11-14(3)10-15(4)12-16/h10-12,17-18H,5-9,13H2,1-4H3. The van der Waals surface area contributed by atoms with E-state index in [-0.39, 0.29) is 0 Å². The SMILES string of the molecule is CCNC(CC)CCCSCc1cc(C)cc(C)c1. The summed E-state index contributed by atoms with van der Waals surface area (Å²) in [6, 6.07) is 7.59. The Bertz CT molecular complexity index is 342. The van der Waals surface area contributed by atoms with Crippen molar-refractivity contribution in [3.05, 3.63) is 34.9 Å². The Labute approximate surface area is 123 Å². The van der Waals surface area contributed by atoms with Crippen molar-refractivity contribution >= 4 is 11.8 Å². The number of benzene rings is 1. The van der Waals surface area contributed by atoms with Gasteiger partial charge in [-0.25, -0.2) is 0 Å². The molecular weight excluding hydrogens is 250 g/mol. The molecule has 1 aromatic rings. The van der Waals surface area contributed by atoms with Crippen LogP contribution in [0.1, 0.15) is 49.8 Å². The monoisotopic (exact) mass is 279 g/mol. The summed E-state index contributed by atoms with van der Waals surface area (Å²) >= 11 is 2.07. The van der Waals surface area contributed by atoms with Gasteiger partial charge in [-0.05, 0) is 51.0 Å². The van der Waals surface area contributed by atoms with Gasteiger partial charge in [0.15, 0.2) is 0 Å². The second-order valence-electron chi connectivity index (χ2n) is 5.35. The van der Waals surface area contributed by atoms with E-state index < -0.39 is 0 Å². The molecule has 1 atom stereocenters.